The summed E-state index contributed by atoms with van der Waals surface area (Å²) in [6.07, 6.45) is 7.01. The number of rotatable bonds is 5. The van der Waals surface area contributed by atoms with Crippen molar-refractivity contribution in [1.29, 1.82) is 0 Å². The molecule has 3 amide bonds. The highest BCUT2D eigenvalue weighted by molar-refractivity contribution is 5.83. The maximum absolute atomic E-state index is 13.4. The number of carbonyl (C=O) groups is 3. The van der Waals surface area contributed by atoms with E-state index in [0.717, 1.165) is 30.7 Å². The summed E-state index contributed by atoms with van der Waals surface area (Å²) in [5.74, 6) is 1.35. The van der Waals surface area contributed by atoms with Crippen LogP contribution >= 0.6 is 0 Å². The maximum atomic E-state index is 13.4. The van der Waals surface area contributed by atoms with E-state index in [9.17, 15) is 14.4 Å². The summed E-state index contributed by atoms with van der Waals surface area (Å²) in [6.45, 7) is 6.70. The number of amides is 3. The number of carbonyl (C=O) groups excluding carboxylic acids is 3. The molecule has 216 valence electrons. The van der Waals surface area contributed by atoms with E-state index in [2.05, 4.69) is 17.2 Å². The average molecular weight is 552 g/mol. The van der Waals surface area contributed by atoms with Gasteiger partial charge in [0.15, 0.2) is 0 Å². The highest BCUT2D eigenvalue weighted by Crippen LogP contribution is 2.35. The largest absolute Gasteiger partial charge is 0.492 e. The SMILES string of the molecule is CCc1nccn1CCC(=O)N1C[C@@H]2C(=O)NCCCN(C(=O)C3CCOCC3)CCOc3cccc(c3)[C@H]2C1. The number of aryl methyl sites for hydroxylation is 2. The molecule has 0 aliphatic carbocycles. The predicted molar refractivity (Wildman–Crippen MR) is 149 cm³/mol. The van der Waals surface area contributed by atoms with Crippen LogP contribution in [0.4, 0.5) is 0 Å². The van der Waals surface area contributed by atoms with E-state index in [1.807, 2.05) is 44.8 Å². The first-order valence-corrected chi connectivity index (χ1v) is 14.7. The van der Waals surface area contributed by atoms with Crippen LogP contribution in [0.3, 0.4) is 0 Å². The fraction of sp³-hybridized carbons (Fsp3) is 0.600. The Hall–Kier alpha value is -3.40. The molecule has 3 aliphatic heterocycles. The third kappa shape index (κ3) is 6.66. The molecule has 0 spiro atoms. The zero-order valence-electron chi connectivity index (χ0n) is 23.4. The van der Waals surface area contributed by atoms with Crippen LogP contribution in [-0.2, 0) is 32.1 Å². The maximum Gasteiger partial charge on any atom is 0.225 e. The van der Waals surface area contributed by atoms with Crippen LogP contribution in [0.2, 0.25) is 0 Å². The van der Waals surface area contributed by atoms with E-state index < -0.39 is 0 Å². The summed E-state index contributed by atoms with van der Waals surface area (Å²) < 4.78 is 13.6. The van der Waals surface area contributed by atoms with Crippen molar-refractivity contribution >= 4 is 17.7 Å². The van der Waals surface area contributed by atoms with E-state index in [1.54, 1.807) is 6.20 Å². The lowest BCUT2D eigenvalue weighted by Crippen LogP contribution is -2.42. The minimum absolute atomic E-state index is 0.0179. The van der Waals surface area contributed by atoms with Gasteiger partial charge >= 0.3 is 0 Å². The number of nitrogens with zero attached hydrogens (tertiary/aromatic N) is 4. The molecule has 3 aliphatic rings. The number of aromatic nitrogens is 2. The highest BCUT2D eigenvalue weighted by Gasteiger charge is 2.40. The number of nitrogens with one attached hydrogen (secondary N) is 1. The molecule has 1 N–H and O–H groups in total. The van der Waals surface area contributed by atoms with Gasteiger partial charge in [0.2, 0.25) is 17.7 Å². The van der Waals surface area contributed by atoms with E-state index in [-0.39, 0.29) is 35.5 Å². The molecule has 1 aromatic carbocycles. The van der Waals surface area contributed by atoms with Gasteiger partial charge in [0, 0.05) is 83.0 Å². The topological polar surface area (TPSA) is 106 Å². The van der Waals surface area contributed by atoms with Gasteiger partial charge in [0.05, 0.1) is 12.5 Å². The molecule has 2 aromatic rings. The number of benzene rings is 1. The molecular weight excluding hydrogens is 510 g/mol. The Morgan fingerprint density at radius 1 is 1.07 bits per heavy atom. The van der Waals surface area contributed by atoms with Crippen LogP contribution < -0.4 is 10.1 Å². The second kappa shape index (κ2) is 13.3. The molecule has 2 atom stereocenters. The van der Waals surface area contributed by atoms with Crippen molar-refractivity contribution in [2.75, 3.05) is 52.5 Å². The Morgan fingerprint density at radius 2 is 1.90 bits per heavy atom. The molecular formula is C30H41N5O5. The summed E-state index contributed by atoms with van der Waals surface area (Å²) in [6, 6.07) is 7.83. The van der Waals surface area contributed by atoms with Crippen molar-refractivity contribution in [2.24, 2.45) is 11.8 Å². The normalized spacial score (nSPS) is 22.7. The molecule has 0 radical (unpaired) electrons. The highest BCUT2D eigenvalue weighted by atomic mass is 16.5. The first-order chi connectivity index (χ1) is 19.5. The van der Waals surface area contributed by atoms with E-state index in [4.69, 9.17) is 9.47 Å². The fourth-order valence-electron chi connectivity index (χ4n) is 6.10. The Bertz CT molecular complexity index is 1180. The number of ether oxygens (including phenoxy) is 2. The Balaban J connectivity index is 1.27. The smallest absolute Gasteiger partial charge is 0.225 e. The van der Waals surface area contributed by atoms with Crippen molar-refractivity contribution in [2.45, 2.75) is 51.5 Å². The van der Waals surface area contributed by atoms with E-state index in [0.29, 0.717) is 77.7 Å². The third-order valence-corrected chi connectivity index (χ3v) is 8.40. The Morgan fingerprint density at radius 3 is 2.73 bits per heavy atom. The zero-order valence-corrected chi connectivity index (χ0v) is 23.4. The third-order valence-electron chi connectivity index (χ3n) is 8.40. The van der Waals surface area contributed by atoms with Crippen LogP contribution in [0.15, 0.2) is 36.7 Å². The molecule has 0 saturated carbocycles. The lowest BCUT2D eigenvalue weighted by molar-refractivity contribution is -0.139. The first kappa shape index (κ1) is 28.1. The number of fused-ring (bicyclic) bond motifs is 4. The van der Waals surface area contributed by atoms with Crippen LogP contribution in [0.5, 0.6) is 5.75 Å². The standard InChI is InChI=1S/C30H41N5O5/c1-2-27-31-11-14-33(27)13-7-28(36)35-20-25-23-5-3-6-24(19-23)40-18-15-34(30(38)22-8-16-39-17-9-22)12-4-10-32-29(37)26(25)21-35/h3,5-6,11,14,19,22,25-26H,2,4,7-10,12-13,15-18,20-21H2,1H3,(H,32,37)/t25-,26+/m1/s1. The summed E-state index contributed by atoms with van der Waals surface area (Å²) in [7, 11) is 0. The van der Waals surface area contributed by atoms with Gasteiger partial charge in [-0.05, 0) is 37.0 Å². The van der Waals surface area contributed by atoms with Gasteiger partial charge in [-0.1, -0.05) is 19.1 Å². The quantitative estimate of drug-likeness (QED) is 0.611. The molecule has 2 fully saturated rings. The van der Waals surface area contributed by atoms with Crippen molar-refractivity contribution in [3.05, 3.63) is 48.0 Å². The second-order valence-electron chi connectivity index (χ2n) is 10.9. The zero-order chi connectivity index (χ0) is 27.9. The van der Waals surface area contributed by atoms with Gasteiger partial charge < -0.3 is 29.2 Å². The fourth-order valence-corrected chi connectivity index (χ4v) is 6.10. The molecule has 5 rings (SSSR count). The van der Waals surface area contributed by atoms with Crippen LogP contribution in [0.1, 0.15) is 49.9 Å². The lowest BCUT2D eigenvalue weighted by Gasteiger charge is -2.30. The van der Waals surface area contributed by atoms with Crippen molar-refractivity contribution in [1.82, 2.24) is 24.7 Å². The molecule has 40 heavy (non-hydrogen) atoms. The summed E-state index contributed by atoms with van der Waals surface area (Å²) in [5.41, 5.74) is 0.989. The summed E-state index contributed by atoms with van der Waals surface area (Å²) in [4.78, 5) is 48.0. The van der Waals surface area contributed by atoms with Gasteiger partial charge in [0.1, 0.15) is 18.2 Å². The predicted octanol–water partition coefficient (Wildman–Crippen LogP) is 2.23. The minimum atomic E-state index is -0.346. The minimum Gasteiger partial charge on any atom is -0.492 e. The van der Waals surface area contributed by atoms with Crippen molar-refractivity contribution < 1.29 is 23.9 Å². The van der Waals surface area contributed by atoms with Crippen LogP contribution in [0, 0.1) is 11.8 Å². The molecule has 2 bridgehead atoms. The molecule has 0 unspecified atom stereocenters. The van der Waals surface area contributed by atoms with Gasteiger partial charge in [-0.25, -0.2) is 4.98 Å². The Kier molecular flexibility index (Phi) is 9.36. The number of likely N-dealkylation sites (tertiary alicyclic amines) is 1. The summed E-state index contributed by atoms with van der Waals surface area (Å²) in [5, 5.41) is 3.11. The van der Waals surface area contributed by atoms with E-state index in [1.165, 1.54) is 0 Å². The van der Waals surface area contributed by atoms with Gasteiger partial charge in [-0.3, -0.25) is 14.4 Å². The summed E-state index contributed by atoms with van der Waals surface area (Å²) >= 11 is 0. The van der Waals surface area contributed by atoms with Gasteiger partial charge in [0.25, 0.3) is 0 Å². The van der Waals surface area contributed by atoms with Gasteiger partial charge in [-0.15, -0.1) is 0 Å². The molecule has 2 saturated heterocycles. The molecule has 4 heterocycles. The number of hydrogen-bond acceptors (Lipinski definition) is 6. The monoisotopic (exact) mass is 551 g/mol. The molecule has 10 nitrogen and oxygen atoms in total. The lowest BCUT2D eigenvalue weighted by atomic mass is 9.88. The molecule has 10 heteroatoms. The van der Waals surface area contributed by atoms with Crippen LogP contribution in [0.25, 0.3) is 0 Å². The molecule has 1 aromatic heterocycles. The van der Waals surface area contributed by atoms with Crippen molar-refractivity contribution in [3.8, 4) is 5.75 Å². The van der Waals surface area contributed by atoms with Crippen LogP contribution in [-0.4, -0.2) is 89.6 Å². The van der Waals surface area contributed by atoms with E-state index >= 15 is 0 Å². The Labute approximate surface area is 236 Å². The average Bonchev–Trinajstić information content (AvgIpc) is 3.64. The number of hydrogen-bond donors (Lipinski definition) is 1. The van der Waals surface area contributed by atoms with Crippen molar-refractivity contribution in [3.63, 3.8) is 0 Å². The first-order valence-electron chi connectivity index (χ1n) is 14.7. The van der Waals surface area contributed by atoms with Gasteiger partial charge in [-0.2, -0.15) is 0 Å². The second-order valence-corrected chi connectivity index (χ2v) is 10.9. The number of imidazole rings is 1.